The number of amides is 2. The van der Waals surface area contributed by atoms with E-state index in [9.17, 15) is 19.2 Å². The van der Waals surface area contributed by atoms with E-state index in [1.54, 1.807) is 60.7 Å². The average Bonchev–Trinajstić information content (AvgIpc) is 2.74. The highest BCUT2D eigenvalue weighted by molar-refractivity contribution is 6.29. The molecule has 0 aliphatic rings. The first-order valence-corrected chi connectivity index (χ1v) is 8.58. The largest absolute Gasteiger partial charge is 0.455 e. The number of rotatable bonds is 8. The Balaban J connectivity index is 0.00000420. The number of hydrogen-bond acceptors (Lipinski definition) is 6. The minimum Gasteiger partial charge on any atom is -0.455 e. The van der Waals surface area contributed by atoms with Gasteiger partial charge < -0.3 is 20.1 Å². The first-order chi connectivity index (χ1) is 13.6. The Morgan fingerprint density at radius 1 is 0.600 bits per heavy atom. The van der Waals surface area contributed by atoms with Gasteiger partial charge in [-0.3, -0.25) is 9.59 Å². The van der Waals surface area contributed by atoms with Crippen molar-refractivity contribution in [3.8, 4) is 0 Å². The molecule has 0 fully saturated rings. The molecule has 2 aromatic carbocycles. The zero-order valence-corrected chi connectivity index (χ0v) is 17.5. The van der Waals surface area contributed by atoms with E-state index >= 15 is 0 Å². The minimum atomic E-state index is -1.16. The summed E-state index contributed by atoms with van der Waals surface area (Å²) in [4.78, 5) is 46.6. The molecule has 2 N–H and O–H groups in total. The summed E-state index contributed by atoms with van der Waals surface area (Å²) in [5.74, 6) is -2.95. The summed E-state index contributed by atoms with van der Waals surface area (Å²) >= 11 is 0. The van der Waals surface area contributed by atoms with Gasteiger partial charge in [-0.2, -0.15) is 0 Å². The second-order valence-electron chi connectivity index (χ2n) is 5.52. The van der Waals surface area contributed by atoms with Crippen molar-refractivity contribution in [1.82, 2.24) is 10.6 Å². The van der Waals surface area contributed by atoms with E-state index in [1.165, 1.54) is 0 Å². The Morgan fingerprint density at radius 3 is 1.27 bits per heavy atom. The van der Waals surface area contributed by atoms with Gasteiger partial charge in [-0.05, 0) is 24.3 Å². The van der Waals surface area contributed by atoms with Crippen LogP contribution in [0.25, 0.3) is 0 Å². The van der Waals surface area contributed by atoms with E-state index in [-0.39, 0.29) is 62.9 Å². The lowest BCUT2D eigenvalue weighted by Gasteiger charge is -2.08. The first-order valence-electron chi connectivity index (χ1n) is 8.58. The Hall–Kier alpha value is -3.10. The van der Waals surface area contributed by atoms with Gasteiger partial charge in [-0.1, -0.05) is 36.4 Å². The van der Waals surface area contributed by atoms with Gasteiger partial charge in [0.1, 0.15) is 13.2 Å². The van der Waals surface area contributed by atoms with E-state index in [2.05, 4.69) is 10.6 Å². The number of esters is 2. The van der Waals surface area contributed by atoms with Gasteiger partial charge >= 0.3 is 11.9 Å². The molecule has 0 atom stereocenters. The third-order valence-electron chi connectivity index (χ3n) is 3.48. The van der Waals surface area contributed by atoms with E-state index in [0.29, 0.717) is 11.1 Å². The molecule has 8 nitrogen and oxygen atoms in total. The summed E-state index contributed by atoms with van der Waals surface area (Å²) in [6, 6.07) is 17.1. The summed E-state index contributed by atoms with van der Waals surface area (Å²) < 4.78 is 9.44. The van der Waals surface area contributed by atoms with Crippen LogP contribution in [0.15, 0.2) is 60.7 Å². The Bertz CT molecular complexity index is 749. The predicted molar refractivity (Wildman–Crippen MR) is 114 cm³/mol. The highest BCUT2D eigenvalue weighted by Gasteiger charge is 2.17. The van der Waals surface area contributed by atoms with Crippen molar-refractivity contribution in [2.24, 2.45) is 0 Å². The van der Waals surface area contributed by atoms with Crippen molar-refractivity contribution in [3.63, 3.8) is 0 Å². The third-order valence-corrected chi connectivity index (χ3v) is 3.48. The number of nitrogens with one attached hydrogen (secondary N) is 2. The molecule has 0 bridgehead atoms. The van der Waals surface area contributed by atoms with Gasteiger partial charge in [0.25, 0.3) is 11.8 Å². The molecule has 0 aliphatic heterocycles. The maximum absolute atomic E-state index is 11.8. The fourth-order valence-electron chi connectivity index (χ4n) is 2.12. The molecule has 0 saturated carbocycles. The van der Waals surface area contributed by atoms with Crippen LogP contribution in [0, 0.1) is 0 Å². The first kappa shape index (κ1) is 26.9. The molecular formula is C20H22Cl2N2O6. The lowest BCUT2D eigenvalue weighted by atomic mass is 10.2. The number of hydrogen-bond donors (Lipinski definition) is 2. The van der Waals surface area contributed by atoms with Crippen LogP contribution in [0.1, 0.15) is 20.7 Å². The van der Waals surface area contributed by atoms with E-state index in [4.69, 9.17) is 9.47 Å². The van der Waals surface area contributed by atoms with Gasteiger partial charge in [0.15, 0.2) is 0 Å². The van der Waals surface area contributed by atoms with Crippen molar-refractivity contribution in [1.29, 1.82) is 0 Å². The van der Waals surface area contributed by atoms with Gasteiger partial charge in [-0.15, -0.1) is 24.8 Å². The molecule has 0 aliphatic carbocycles. The van der Waals surface area contributed by atoms with Crippen LogP contribution in [0.4, 0.5) is 0 Å². The van der Waals surface area contributed by atoms with Crippen molar-refractivity contribution >= 4 is 48.6 Å². The van der Waals surface area contributed by atoms with E-state index in [1.807, 2.05) is 0 Å². The van der Waals surface area contributed by atoms with Crippen LogP contribution in [0.3, 0.4) is 0 Å². The molecule has 162 valence electrons. The van der Waals surface area contributed by atoms with Crippen LogP contribution >= 0.6 is 24.8 Å². The molecule has 10 heteroatoms. The zero-order chi connectivity index (χ0) is 20.2. The number of ether oxygens (including phenoxy) is 2. The highest BCUT2D eigenvalue weighted by Crippen LogP contribution is 1.98. The summed E-state index contributed by atoms with van der Waals surface area (Å²) in [7, 11) is 0. The van der Waals surface area contributed by atoms with Crippen molar-refractivity contribution in [2.75, 3.05) is 26.3 Å². The molecule has 0 unspecified atom stereocenters. The SMILES string of the molecule is Cl.Cl.O=C(OCCNC(=O)c1ccccc1)C(=O)OCCNC(=O)c1ccccc1. The molecule has 30 heavy (non-hydrogen) atoms. The number of carbonyl (C=O) groups excluding carboxylic acids is 4. The van der Waals surface area contributed by atoms with Gasteiger partial charge in [0, 0.05) is 11.1 Å². The standard InChI is InChI=1S/C20H20N2O6.2ClH/c23-17(15-7-3-1-4-8-15)21-11-13-27-19(25)20(26)28-14-12-22-18(24)16-9-5-2-6-10-16;;/h1-10H,11-14H2,(H,21,23)(H,22,24);2*1H. The summed E-state index contributed by atoms with van der Waals surface area (Å²) in [5, 5.41) is 5.12. The Morgan fingerprint density at radius 2 is 0.933 bits per heavy atom. The summed E-state index contributed by atoms with van der Waals surface area (Å²) in [5.41, 5.74) is 0.955. The fraction of sp³-hybridized carbons (Fsp3) is 0.200. The van der Waals surface area contributed by atoms with Crippen molar-refractivity contribution in [2.45, 2.75) is 0 Å². The second kappa shape index (κ2) is 14.8. The topological polar surface area (TPSA) is 111 Å². The third kappa shape index (κ3) is 9.40. The molecule has 0 heterocycles. The molecule has 0 radical (unpaired) electrons. The zero-order valence-electron chi connectivity index (χ0n) is 15.9. The average molecular weight is 457 g/mol. The molecule has 2 rings (SSSR count). The fourth-order valence-corrected chi connectivity index (χ4v) is 2.12. The van der Waals surface area contributed by atoms with E-state index < -0.39 is 11.9 Å². The van der Waals surface area contributed by atoms with Crippen LogP contribution < -0.4 is 10.6 Å². The monoisotopic (exact) mass is 456 g/mol. The number of carbonyl (C=O) groups is 4. The lowest BCUT2D eigenvalue weighted by molar-refractivity contribution is -0.167. The quantitative estimate of drug-likeness (QED) is 0.355. The summed E-state index contributed by atoms with van der Waals surface area (Å²) in [6.45, 7) is -0.228. The molecular weight excluding hydrogens is 435 g/mol. The molecule has 0 aromatic heterocycles. The van der Waals surface area contributed by atoms with Gasteiger partial charge in [0.2, 0.25) is 0 Å². The number of halogens is 2. The van der Waals surface area contributed by atoms with Crippen LogP contribution in [0.5, 0.6) is 0 Å². The normalized spacial score (nSPS) is 9.20. The lowest BCUT2D eigenvalue weighted by Crippen LogP contribution is -2.31. The minimum absolute atomic E-state index is 0. The molecule has 0 spiro atoms. The van der Waals surface area contributed by atoms with E-state index in [0.717, 1.165) is 0 Å². The Kier molecular flexibility index (Phi) is 13.3. The smallest absolute Gasteiger partial charge is 0.417 e. The Labute approximate surface area is 186 Å². The molecule has 2 aromatic rings. The molecule has 2 amide bonds. The second-order valence-corrected chi connectivity index (χ2v) is 5.52. The van der Waals surface area contributed by atoms with Crippen LogP contribution in [0.2, 0.25) is 0 Å². The van der Waals surface area contributed by atoms with Gasteiger partial charge in [-0.25, -0.2) is 9.59 Å². The molecule has 0 saturated heterocycles. The summed E-state index contributed by atoms with van der Waals surface area (Å²) in [6.07, 6.45) is 0. The maximum Gasteiger partial charge on any atom is 0.417 e. The maximum atomic E-state index is 11.8. The highest BCUT2D eigenvalue weighted by atomic mass is 35.5. The van der Waals surface area contributed by atoms with Crippen molar-refractivity contribution in [3.05, 3.63) is 71.8 Å². The van der Waals surface area contributed by atoms with Crippen LogP contribution in [-0.4, -0.2) is 50.1 Å². The van der Waals surface area contributed by atoms with Crippen molar-refractivity contribution < 1.29 is 28.7 Å². The number of benzene rings is 2. The van der Waals surface area contributed by atoms with Crippen LogP contribution in [-0.2, 0) is 19.1 Å². The predicted octanol–water partition coefficient (Wildman–Crippen LogP) is 1.78. The van der Waals surface area contributed by atoms with Gasteiger partial charge in [0.05, 0.1) is 13.1 Å².